The lowest BCUT2D eigenvalue weighted by Gasteiger charge is -2.27. The van der Waals surface area contributed by atoms with Crippen molar-refractivity contribution in [2.24, 2.45) is 0 Å². The average Bonchev–Trinajstić information content (AvgIpc) is 2.44. The largest absolute Gasteiger partial charge is 0.357 e. The van der Waals surface area contributed by atoms with Crippen LogP contribution in [-0.4, -0.2) is 44.6 Å². The molecule has 0 atom stereocenters. The quantitative estimate of drug-likeness (QED) is 0.620. The van der Waals surface area contributed by atoms with Crippen LogP contribution in [-0.2, 0) is 0 Å². The van der Waals surface area contributed by atoms with Crippen LogP contribution in [0, 0.1) is 0 Å². The van der Waals surface area contributed by atoms with E-state index in [0.29, 0.717) is 0 Å². The zero-order chi connectivity index (χ0) is 13.5. The molecular formula is C14H24N2S3. The van der Waals surface area contributed by atoms with E-state index in [1.165, 1.54) is 51.4 Å². The van der Waals surface area contributed by atoms with Crippen molar-refractivity contribution in [1.29, 1.82) is 0 Å². The van der Waals surface area contributed by atoms with E-state index in [9.17, 15) is 0 Å². The van der Waals surface area contributed by atoms with Crippen molar-refractivity contribution in [1.82, 2.24) is 9.80 Å². The number of rotatable bonds is 0. The Kier molecular flexibility index (Phi) is 6.88. The number of hydrogen-bond acceptors (Lipinski definition) is 3. The molecule has 2 rings (SSSR count). The maximum absolute atomic E-state index is 5.61. The Morgan fingerprint density at radius 1 is 0.579 bits per heavy atom. The highest BCUT2D eigenvalue weighted by molar-refractivity contribution is 8.37. The molecule has 0 aromatic carbocycles. The van der Waals surface area contributed by atoms with E-state index < -0.39 is 0 Å². The van der Waals surface area contributed by atoms with Crippen LogP contribution < -0.4 is 0 Å². The van der Waals surface area contributed by atoms with E-state index in [-0.39, 0.29) is 0 Å². The van der Waals surface area contributed by atoms with Gasteiger partial charge in [-0.15, -0.1) is 0 Å². The van der Waals surface area contributed by atoms with Crippen LogP contribution >= 0.6 is 36.2 Å². The highest BCUT2D eigenvalue weighted by Gasteiger charge is 2.18. The van der Waals surface area contributed by atoms with Gasteiger partial charge in [-0.3, -0.25) is 0 Å². The first kappa shape index (κ1) is 15.5. The number of thioether (sulfide) groups is 1. The normalized spacial score (nSPS) is 24.2. The van der Waals surface area contributed by atoms with Crippen LogP contribution in [0.2, 0.25) is 0 Å². The molecule has 5 heteroatoms. The zero-order valence-electron chi connectivity index (χ0n) is 11.6. The molecular weight excluding hydrogens is 292 g/mol. The average molecular weight is 317 g/mol. The van der Waals surface area contributed by atoms with Gasteiger partial charge in [-0.25, -0.2) is 0 Å². The highest BCUT2D eigenvalue weighted by atomic mass is 32.2. The predicted octanol–water partition coefficient (Wildman–Crippen LogP) is 4.04. The second-order valence-corrected chi connectivity index (χ2v) is 7.70. The highest BCUT2D eigenvalue weighted by Crippen LogP contribution is 2.21. The van der Waals surface area contributed by atoms with Gasteiger partial charge in [-0.05, 0) is 37.4 Å². The van der Waals surface area contributed by atoms with Crippen molar-refractivity contribution < 1.29 is 0 Å². The van der Waals surface area contributed by atoms with Crippen molar-refractivity contribution >= 4 is 44.8 Å². The third-order valence-corrected chi connectivity index (χ3v) is 5.79. The molecule has 0 amide bonds. The Morgan fingerprint density at radius 3 is 1.21 bits per heavy atom. The van der Waals surface area contributed by atoms with Gasteiger partial charge in [-0.2, -0.15) is 0 Å². The summed E-state index contributed by atoms with van der Waals surface area (Å²) in [5, 5.41) is 0. The summed E-state index contributed by atoms with van der Waals surface area (Å²) in [6.07, 6.45) is 10.4. The van der Waals surface area contributed by atoms with Crippen LogP contribution in [0.5, 0.6) is 0 Å². The van der Waals surface area contributed by atoms with Crippen LogP contribution in [0.25, 0.3) is 0 Å². The second kappa shape index (κ2) is 8.42. The summed E-state index contributed by atoms with van der Waals surface area (Å²) < 4.78 is 2.00. The molecule has 2 saturated heterocycles. The smallest absolute Gasteiger partial charge is 0.143 e. The molecule has 2 bridgehead atoms. The van der Waals surface area contributed by atoms with Crippen molar-refractivity contribution in [3.05, 3.63) is 0 Å². The molecule has 108 valence electrons. The van der Waals surface area contributed by atoms with Crippen molar-refractivity contribution in [2.45, 2.75) is 51.4 Å². The van der Waals surface area contributed by atoms with E-state index in [1.807, 2.05) is 0 Å². The van der Waals surface area contributed by atoms with Gasteiger partial charge in [0.25, 0.3) is 0 Å². The summed E-state index contributed by atoms with van der Waals surface area (Å²) in [6.45, 7) is 4.48. The van der Waals surface area contributed by atoms with Gasteiger partial charge in [-0.1, -0.05) is 50.1 Å². The summed E-state index contributed by atoms with van der Waals surface area (Å²) in [6, 6.07) is 0. The minimum Gasteiger partial charge on any atom is -0.357 e. The number of fused-ring (bicyclic) bond motifs is 4. The van der Waals surface area contributed by atoms with E-state index in [1.54, 1.807) is 11.8 Å². The van der Waals surface area contributed by atoms with Crippen molar-refractivity contribution in [3.63, 3.8) is 0 Å². The fraction of sp³-hybridized carbons (Fsp3) is 0.857. The van der Waals surface area contributed by atoms with E-state index in [2.05, 4.69) is 9.80 Å². The fourth-order valence-electron chi connectivity index (χ4n) is 2.71. The van der Waals surface area contributed by atoms with Gasteiger partial charge in [0, 0.05) is 26.2 Å². The van der Waals surface area contributed by atoms with Gasteiger partial charge in [0.05, 0.1) is 0 Å². The van der Waals surface area contributed by atoms with E-state index in [0.717, 1.165) is 34.8 Å². The molecule has 2 aliphatic heterocycles. The topological polar surface area (TPSA) is 6.48 Å². The summed E-state index contributed by atoms with van der Waals surface area (Å²) in [4.78, 5) is 4.78. The molecule has 0 aromatic rings. The number of hydrogen-bond donors (Lipinski definition) is 0. The zero-order valence-corrected chi connectivity index (χ0v) is 14.1. The van der Waals surface area contributed by atoms with Gasteiger partial charge < -0.3 is 9.80 Å². The lowest BCUT2D eigenvalue weighted by Crippen LogP contribution is -2.33. The van der Waals surface area contributed by atoms with Crippen molar-refractivity contribution in [2.75, 3.05) is 26.2 Å². The second-order valence-electron chi connectivity index (χ2n) is 5.44. The molecule has 2 fully saturated rings. The molecule has 0 spiro atoms. The van der Waals surface area contributed by atoms with Crippen LogP contribution in [0.15, 0.2) is 0 Å². The third-order valence-electron chi connectivity index (χ3n) is 3.90. The number of nitrogens with zero attached hydrogens (tertiary/aromatic N) is 2. The molecule has 19 heavy (non-hydrogen) atoms. The SMILES string of the molecule is S=C1SC(=S)N2CCCCCCN1CCCCCC2. The lowest BCUT2D eigenvalue weighted by atomic mass is 10.1. The molecule has 2 aliphatic rings. The summed E-state index contributed by atoms with van der Waals surface area (Å²) in [5.41, 5.74) is 0. The number of thiocarbonyl (C=S) groups is 2. The Hall–Kier alpha value is 0.130. The predicted molar refractivity (Wildman–Crippen MR) is 92.9 cm³/mol. The fourth-order valence-corrected chi connectivity index (χ4v) is 4.48. The minimum absolute atomic E-state index is 0.999. The summed E-state index contributed by atoms with van der Waals surface area (Å²) in [5.74, 6) is 0. The standard InChI is InChI=1S/C14H24N2S3/c17-13-15-9-5-1-2-6-10-16(14(18)19-13)12-8-4-3-7-11-15/h1-12H2. The first-order valence-electron chi connectivity index (χ1n) is 7.53. The first-order valence-corrected chi connectivity index (χ1v) is 9.16. The van der Waals surface area contributed by atoms with Crippen LogP contribution in [0.4, 0.5) is 0 Å². The maximum atomic E-state index is 5.61. The minimum atomic E-state index is 0.999. The first-order chi connectivity index (χ1) is 9.27. The lowest BCUT2D eigenvalue weighted by molar-refractivity contribution is 0.366. The summed E-state index contributed by atoms with van der Waals surface area (Å²) >= 11 is 12.9. The molecule has 0 unspecified atom stereocenters. The van der Waals surface area contributed by atoms with Gasteiger partial charge >= 0.3 is 0 Å². The Balaban J connectivity index is 2.11. The molecule has 0 N–H and O–H groups in total. The van der Waals surface area contributed by atoms with Gasteiger partial charge in [0.15, 0.2) is 0 Å². The van der Waals surface area contributed by atoms with Gasteiger partial charge in [0.2, 0.25) is 0 Å². The van der Waals surface area contributed by atoms with Gasteiger partial charge in [0.1, 0.15) is 8.64 Å². The molecule has 0 aliphatic carbocycles. The summed E-state index contributed by atoms with van der Waals surface area (Å²) in [7, 11) is 0. The Labute approximate surface area is 132 Å². The van der Waals surface area contributed by atoms with Crippen molar-refractivity contribution in [3.8, 4) is 0 Å². The third kappa shape index (κ3) is 5.20. The van der Waals surface area contributed by atoms with Crippen LogP contribution in [0.3, 0.4) is 0 Å². The molecule has 0 radical (unpaired) electrons. The van der Waals surface area contributed by atoms with E-state index in [4.69, 9.17) is 24.4 Å². The van der Waals surface area contributed by atoms with Crippen LogP contribution in [0.1, 0.15) is 51.4 Å². The molecule has 2 heterocycles. The molecule has 0 aromatic heterocycles. The Bertz CT molecular complexity index is 274. The monoisotopic (exact) mass is 316 g/mol. The maximum Gasteiger partial charge on any atom is 0.143 e. The molecule has 2 nitrogen and oxygen atoms in total. The molecule has 0 saturated carbocycles. The van der Waals surface area contributed by atoms with E-state index >= 15 is 0 Å². The Morgan fingerprint density at radius 2 is 0.895 bits per heavy atom.